The first-order valence-electron chi connectivity index (χ1n) is 8.48. The summed E-state index contributed by atoms with van der Waals surface area (Å²) in [6, 6.07) is 20.7. The van der Waals surface area contributed by atoms with Gasteiger partial charge >= 0.3 is 0 Å². The molecule has 0 aliphatic carbocycles. The number of aryl methyl sites for hydroxylation is 1. The molecule has 4 aromatic rings. The molecule has 0 fully saturated rings. The molecule has 0 saturated heterocycles. The average molecular weight is 342 g/mol. The normalized spacial score (nSPS) is 11.2. The van der Waals surface area contributed by atoms with Crippen molar-refractivity contribution in [2.24, 2.45) is 5.73 Å². The van der Waals surface area contributed by atoms with Gasteiger partial charge < -0.3 is 10.1 Å². The number of benzene rings is 2. The number of aromatic nitrogens is 1. The van der Waals surface area contributed by atoms with Gasteiger partial charge in [0.25, 0.3) is 0 Å². The van der Waals surface area contributed by atoms with Crippen LogP contribution in [0.5, 0.6) is 0 Å². The maximum Gasteiger partial charge on any atom is 0.209 e. The van der Waals surface area contributed by atoms with E-state index in [0.29, 0.717) is 22.3 Å². The van der Waals surface area contributed by atoms with E-state index in [2.05, 4.69) is 0 Å². The molecule has 0 bridgehead atoms. The molecule has 0 saturated carbocycles. The molecule has 4 nitrogen and oxygen atoms in total. The Kier molecular flexibility index (Phi) is 3.90. The fourth-order valence-electron chi connectivity index (χ4n) is 3.30. The summed E-state index contributed by atoms with van der Waals surface area (Å²) in [6.07, 6.45) is 0. The number of rotatable bonds is 4. The molecule has 0 amide bonds. The Hall–Kier alpha value is -3.24. The summed E-state index contributed by atoms with van der Waals surface area (Å²) in [5.41, 5.74) is 9.80. The van der Waals surface area contributed by atoms with Gasteiger partial charge in [0.1, 0.15) is 0 Å². The van der Waals surface area contributed by atoms with E-state index >= 15 is 0 Å². The predicted octanol–water partition coefficient (Wildman–Crippen LogP) is 3.77. The minimum absolute atomic E-state index is 0.0926. The SMILES string of the molecule is Cc1ccc(C(=O)c2cc(C(=O)CN)c3ccc4ccccc4n23)cc1. The van der Waals surface area contributed by atoms with Crippen LogP contribution in [0.1, 0.15) is 32.0 Å². The molecule has 0 spiro atoms. The molecule has 0 unspecified atom stereocenters. The van der Waals surface area contributed by atoms with E-state index < -0.39 is 0 Å². The molecule has 2 aromatic carbocycles. The van der Waals surface area contributed by atoms with Crippen LogP contribution in [-0.4, -0.2) is 22.5 Å². The molecule has 2 heterocycles. The summed E-state index contributed by atoms with van der Waals surface area (Å²) in [7, 11) is 0. The highest BCUT2D eigenvalue weighted by atomic mass is 16.1. The van der Waals surface area contributed by atoms with Gasteiger partial charge in [0.15, 0.2) is 5.78 Å². The number of Topliss-reactive ketones (excluding diaryl/α,β-unsaturated/α-hetero) is 1. The van der Waals surface area contributed by atoms with Crippen LogP contribution in [0.4, 0.5) is 0 Å². The van der Waals surface area contributed by atoms with Crippen LogP contribution < -0.4 is 5.73 Å². The van der Waals surface area contributed by atoms with Crippen molar-refractivity contribution in [3.63, 3.8) is 0 Å². The molecule has 0 radical (unpaired) electrons. The quantitative estimate of drug-likeness (QED) is 0.574. The Morgan fingerprint density at radius 3 is 2.38 bits per heavy atom. The van der Waals surface area contributed by atoms with Crippen molar-refractivity contribution in [2.75, 3.05) is 6.54 Å². The Morgan fingerprint density at radius 2 is 1.65 bits per heavy atom. The van der Waals surface area contributed by atoms with E-state index in [4.69, 9.17) is 5.73 Å². The zero-order valence-corrected chi connectivity index (χ0v) is 14.4. The molecule has 128 valence electrons. The molecule has 0 aliphatic rings. The minimum atomic E-state index is -0.180. The minimum Gasteiger partial charge on any atom is -0.324 e. The van der Waals surface area contributed by atoms with Crippen LogP contribution in [-0.2, 0) is 0 Å². The maximum absolute atomic E-state index is 13.2. The zero-order chi connectivity index (χ0) is 18.3. The number of carbonyl (C=O) groups excluding carboxylic acids is 2. The zero-order valence-electron chi connectivity index (χ0n) is 14.4. The van der Waals surface area contributed by atoms with Crippen molar-refractivity contribution in [3.05, 3.63) is 89.1 Å². The van der Waals surface area contributed by atoms with Gasteiger partial charge in [-0.3, -0.25) is 9.59 Å². The smallest absolute Gasteiger partial charge is 0.209 e. The molecular weight excluding hydrogens is 324 g/mol. The second-order valence-electron chi connectivity index (χ2n) is 6.38. The van der Waals surface area contributed by atoms with Crippen molar-refractivity contribution >= 4 is 28.0 Å². The van der Waals surface area contributed by atoms with Gasteiger partial charge in [-0.15, -0.1) is 0 Å². The fourth-order valence-corrected chi connectivity index (χ4v) is 3.30. The number of nitrogens with two attached hydrogens (primary N) is 1. The van der Waals surface area contributed by atoms with Crippen molar-refractivity contribution in [3.8, 4) is 0 Å². The Labute approximate surface area is 150 Å². The third-order valence-corrected chi connectivity index (χ3v) is 4.67. The average Bonchev–Trinajstić information content (AvgIpc) is 3.07. The second kappa shape index (κ2) is 6.24. The van der Waals surface area contributed by atoms with E-state index in [9.17, 15) is 9.59 Å². The van der Waals surface area contributed by atoms with Crippen LogP contribution >= 0.6 is 0 Å². The lowest BCUT2D eigenvalue weighted by Gasteiger charge is -2.07. The molecule has 4 heteroatoms. The lowest BCUT2D eigenvalue weighted by atomic mass is 10.1. The van der Waals surface area contributed by atoms with Crippen LogP contribution in [0.3, 0.4) is 0 Å². The number of pyridine rings is 1. The predicted molar refractivity (Wildman–Crippen MR) is 103 cm³/mol. The Bertz CT molecular complexity index is 1150. The fraction of sp³-hybridized carbons (Fsp3) is 0.0909. The van der Waals surface area contributed by atoms with E-state index in [-0.39, 0.29) is 18.1 Å². The van der Waals surface area contributed by atoms with Crippen molar-refractivity contribution in [1.82, 2.24) is 4.40 Å². The van der Waals surface area contributed by atoms with Gasteiger partial charge in [-0.1, -0.05) is 54.1 Å². The summed E-state index contributed by atoms with van der Waals surface area (Å²) in [5, 5.41) is 1.00. The number of nitrogens with zero attached hydrogens (tertiary/aromatic N) is 1. The summed E-state index contributed by atoms with van der Waals surface area (Å²) < 4.78 is 1.86. The molecule has 0 aliphatic heterocycles. The Morgan fingerprint density at radius 1 is 0.923 bits per heavy atom. The number of carbonyl (C=O) groups is 2. The molecule has 26 heavy (non-hydrogen) atoms. The van der Waals surface area contributed by atoms with E-state index in [1.54, 1.807) is 6.07 Å². The van der Waals surface area contributed by atoms with Gasteiger partial charge in [-0.2, -0.15) is 0 Å². The highest BCUT2D eigenvalue weighted by Crippen LogP contribution is 2.26. The first kappa shape index (κ1) is 16.2. The third kappa shape index (κ3) is 2.52. The van der Waals surface area contributed by atoms with Gasteiger partial charge in [0.2, 0.25) is 5.78 Å². The number of fused-ring (bicyclic) bond motifs is 3. The van der Waals surface area contributed by atoms with Crippen LogP contribution in [0.15, 0.2) is 66.7 Å². The van der Waals surface area contributed by atoms with Crippen LogP contribution in [0, 0.1) is 6.92 Å². The lowest BCUT2D eigenvalue weighted by molar-refractivity contribution is 0.100. The Balaban J connectivity index is 2.04. The maximum atomic E-state index is 13.2. The number of hydrogen-bond donors (Lipinski definition) is 1. The van der Waals surface area contributed by atoms with E-state index in [1.165, 1.54) is 0 Å². The van der Waals surface area contributed by atoms with Crippen LogP contribution in [0.25, 0.3) is 16.4 Å². The van der Waals surface area contributed by atoms with Gasteiger partial charge in [0.05, 0.1) is 23.3 Å². The molecule has 0 atom stereocenters. The van der Waals surface area contributed by atoms with E-state index in [1.807, 2.05) is 72.0 Å². The summed E-state index contributed by atoms with van der Waals surface area (Å²) in [4.78, 5) is 25.5. The van der Waals surface area contributed by atoms with Gasteiger partial charge in [-0.25, -0.2) is 0 Å². The number of ketones is 2. The van der Waals surface area contributed by atoms with Crippen molar-refractivity contribution < 1.29 is 9.59 Å². The topological polar surface area (TPSA) is 64.6 Å². The summed E-state index contributed by atoms with van der Waals surface area (Å²) in [6.45, 7) is 1.89. The number of hydrogen-bond acceptors (Lipinski definition) is 3. The first-order chi connectivity index (χ1) is 12.6. The highest BCUT2D eigenvalue weighted by Gasteiger charge is 2.21. The summed E-state index contributed by atoms with van der Waals surface area (Å²) >= 11 is 0. The van der Waals surface area contributed by atoms with Gasteiger partial charge in [-0.05, 0) is 30.5 Å². The second-order valence-corrected chi connectivity index (χ2v) is 6.38. The van der Waals surface area contributed by atoms with Crippen molar-refractivity contribution in [2.45, 2.75) is 6.92 Å². The molecule has 4 rings (SSSR count). The largest absolute Gasteiger partial charge is 0.324 e. The molecule has 2 aromatic heterocycles. The standard InChI is InChI=1S/C22H18N2O2/c1-14-6-8-16(9-7-14)22(26)20-12-17(21(25)13-23)19-11-10-15-4-2-3-5-18(15)24(19)20/h2-12H,13,23H2,1H3. The first-order valence-corrected chi connectivity index (χ1v) is 8.48. The van der Waals surface area contributed by atoms with Gasteiger partial charge in [0, 0.05) is 11.1 Å². The number of para-hydroxylation sites is 1. The molecular formula is C22H18N2O2. The van der Waals surface area contributed by atoms with E-state index in [0.717, 1.165) is 16.5 Å². The lowest BCUT2D eigenvalue weighted by Crippen LogP contribution is -2.13. The third-order valence-electron chi connectivity index (χ3n) is 4.67. The van der Waals surface area contributed by atoms with Crippen molar-refractivity contribution in [1.29, 1.82) is 0 Å². The monoisotopic (exact) mass is 342 g/mol. The molecule has 2 N–H and O–H groups in total. The summed E-state index contributed by atoms with van der Waals surface area (Å²) in [5.74, 6) is -0.298. The highest BCUT2D eigenvalue weighted by molar-refractivity contribution is 6.13. The van der Waals surface area contributed by atoms with Crippen LogP contribution in [0.2, 0.25) is 0 Å².